The first kappa shape index (κ1) is 14.3. The highest BCUT2D eigenvalue weighted by molar-refractivity contribution is 7.15. The van der Waals surface area contributed by atoms with Gasteiger partial charge in [-0.2, -0.15) is 0 Å². The number of esters is 1. The molecule has 0 bridgehead atoms. The second-order valence-corrected chi connectivity index (χ2v) is 6.29. The molecule has 19 heavy (non-hydrogen) atoms. The van der Waals surface area contributed by atoms with E-state index in [0.29, 0.717) is 5.69 Å². The van der Waals surface area contributed by atoms with E-state index in [0.717, 1.165) is 29.0 Å². The Balaban J connectivity index is 2.02. The first-order chi connectivity index (χ1) is 9.15. The van der Waals surface area contributed by atoms with Crippen molar-refractivity contribution in [3.8, 4) is 0 Å². The summed E-state index contributed by atoms with van der Waals surface area (Å²) in [5, 5.41) is 0.966. The number of nitrogens with zero attached hydrogens (tertiary/aromatic N) is 2. The van der Waals surface area contributed by atoms with Crippen molar-refractivity contribution in [2.75, 3.05) is 25.1 Å². The van der Waals surface area contributed by atoms with E-state index in [4.69, 9.17) is 4.74 Å². The molecule has 0 aliphatic carbocycles. The van der Waals surface area contributed by atoms with Crippen LogP contribution in [0.5, 0.6) is 0 Å². The van der Waals surface area contributed by atoms with Crippen LogP contribution in [0.1, 0.15) is 48.0 Å². The Morgan fingerprint density at radius 2 is 2.16 bits per heavy atom. The van der Waals surface area contributed by atoms with Gasteiger partial charge in [0.1, 0.15) is 0 Å². The zero-order chi connectivity index (χ0) is 13.8. The molecule has 0 spiro atoms. The standard InChI is InChI=1S/C14H22N2O2S/c1-4-5-11-6-8-16(9-7-11)14-15-12(10(2)19-14)13(17)18-3/h11H,4-9H2,1-3H3. The van der Waals surface area contributed by atoms with Gasteiger partial charge >= 0.3 is 5.97 Å². The number of methoxy groups -OCH3 is 1. The van der Waals surface area contributed by atoms with Gasteiger partial charge in [-0.3, -0.25) is 0 Å². The largest absolute Gasteiger partial charge is 0.464 e. The lowest BCUT2D eigenvalue weighted by molar-refractivity contribution is 0.0594. The molecule has 1 saturated heterocycles. The number of hydrogen-bond acceptors (Lipinski definition) is 5. The molecule has 1 aliphatic heterocycles. The van der Waals surface area contributed by atoms with Gasteiger partial charge in [0.05, 0.1) is 7.11 Å². The van der Waals surface area contributed by atoms with Crippen molar-refractivity contribution in [3.63, 3.8) is 0 Å². The third kappa shape index (κ3) is 3.26. The molecule has 1 aromatic rings. The fourth-order valence-electron chi connectivity index (χ4n) is 2.62. The van der Waals surface area contributed by atoms with Gasteiger partial charge in [-0.25, -0.2) is 9.78 Å². The fourth-order valence-corrected chi connectivity index (χ4v) is 3.57. The predicted octanol–water partition coefficient (Wildman–Crippen LogP) is 3.25. The van der Waals surface area contributed by atoms with Gasteiger partial charge in [-0.15, -0.1) is 11.3 Å². The Hall–Kier alpha value is -1.10. The van der Waals surface area contributed by atoms with Crippen molar-refractivity contribution in [2.24, 2.45) is 5.92 Å². The minimum absolute atomic E-state index is 0.333. The highest BCUT2D eigenvalue weighted by Crippen LogP contribution is 2.30. The lowest BCUT2D eigenvalue weighted by Gasteiger charge is -2.31. The van der Waals surface area contributed by atoms with Crippen LogP contribution in [-0.4, -0.2) is 31.2 Å². The minimum atomic E-state index is -0.333. The van der Waals surface area contributed by atoms with Crippen molar-refractivity contribution < 1.29 is 9.53 Å². The van der Waals surface area contributed by atoms with Crippen molar-refractivity contribution in [1.82, 2.24) is 4.98 Å². The van der Waals surface area contributed by atoms with E-state index in [-0.39, 0.29) is 5.97 Å². The Bertz CT molecular complexity index is 437. The number of aromatic nitrogens is 1. The maximum absolute atomic E-state index is 11.6. The number of carbonyl (C=O) groups is 1. The molecule has 2 heterocycles. The number of carbonyl (C=O) groups excluding carboxylic acids is 1. The Kier molecular flexibility index (Phi) is 4.80. The zero-order valence-corrected chi connectivity index (χ0v) is 12.8. The van der Waals surface area contributed by atoms with E-state index in [1.165, 1.54) is 32.8 Å². The van der Waals surface area contributed by atoms with Crippen LogP contribution >= 0.6 is 11.3 Å². The van der Waals surface area contributed by atoms with Crippen LogP contribution in [0, 0.1) is 12.8 Å². The van der Waals surface area contributed by atoms with E-state index in [9.17, 15) is 4.79 Å². The summed E-state index contributed by atoms with van der Waals surface area (Å²) >= 11 is 1.59. The molecule has 0 N–H and O–H groups in total. The summed E-state index contributed by atoms with van der Waals surface area (Å²) in [5.74, 6) is 0.531. The van der Waals surface area contributed by atoms with Crippen molar-refractivity contribution >= 4 is 22.4 Å². The van der Waals surface area contributed by atoms with Crippen molar-refractivity contribution in [1.29, 1.82) is 0 Å². The summed E-state index contributed by atoms with van der Waals surface area (Å²) in [7, 11) is 1.40. The average molecular weight is 282 g/mol. The highest BCUT2D eigenvalue weighted by atomic mass is 32.1. The van der Waals surface area contributed by atoms with E-state index < -0.39 is 0 Å². The SMILES string of the molecule is CCCC1CCN(c2nc(C(=O)OC)c(C)s2)CC1. The summed E-state index contributed by atoms with van der Waals surface area (Å²) in [6.07, 6.45) is 5.08. The zero-order valence-electron chi connectivity index (χ0n) is 11.9. The van der Waals surface area contributed by atoms with Crippen LogP contribution in [0.4, 0.5) is 5.13 Å². The number of piperidine rings is 1. The highest BCUT2D eigenvalue weighted by Gasteiger charge is 2.23. The predicted molar refractivity (Wildman–Crippen MR) is 78.0 cm³/mol. The van der Waals surface area contributed by atoms with Crippen molar-refractivity contribution in [2.45, 2.75) is 39.5 Å². The number of ether oxygens (including phenoxy) is 1. The van der Waals surface area contributed by atoms with Gasteiger partial charge in [0, 0.05) is 18.0 Å². The number of thiazole rings is 1. The van der Waals surface area contributed by atoms with Gasteiger partial charge in [0.2, 0.25) is 0 Å². The smallest absolute Gasteiger partial charge is 0.357 e. The van der Waals surface area contributed by atoms with E-state index in [1.54, 1.807) is 11.3 Å². The molecular weight excluding hydrogens is 260 g/mol. The van der Waals surface area contributed by atoms with Gasteiger partial charge in [0.25, 0.3) is 0 Å². The summed E-state index contributed by atoms with van der Waals surface area (Å²) in [6.45, 7) is 6.28. The molecule has 1 aromatic heterocycles. The molecule has 0 atom stereocenters. The summed E-state index contributed by atoms with van der Waals surface area (Å²) < 4.78 is 4.75. The molecule has 5 heteroatoms. The van der Waals surface area contributed by atoms with E-state index in [1.807, 2.05) is 6.92 Å². The molecule has 4 nitrogen and oxygen atoms in total. The number of rotatable bonds is 4. The molecular formula is C14H22N2O2S. The van der Waals surface area contributed by atoms with Gasteiger partial charge in [-0.05, 0) is 25.7 Å². The summed E-state index contributed by atoms with van der Waals surface area (Å²) in [5.41, 5.74) is 0.471. The first-order valence-corrected chi connectivity index (χ1v) is 7.78. The van der Waals surface area contributed by atoms with Crippen LogP contribution in [0.3, 0.4) is 0 Å². The monoisotopic (exact) mass is 282 g/mol. The Morgan fingerprint density at radius 1 is 1.47 bits per heavy atom. The van der Waals surface area contributed by atoms with Gasteiger partial charge in [-0.1, -0.05) is 19.8 Å². The number of hydrogen-bond donors (Lipinski definition) is 0. The molecule has 0 saturated carbocycles. The maximum atomic E-state index is 11.6. The third-order valence-electron chi connectivity index (χ3n) is 3.75. The molecule has 0 unspecified atom stereocenters. The minimum Gasteiger partial charge on any atom is -0.464 e. The third-order valence-corrected chi connectivity index (χ3v) is 4.78. The summed E-state index contributed by atoms with van der Waals surface area (Å²) in [6, 6.07) is 0. The van der Waals surface area contributed by atoms with Crippen LogP contribution in [0.25, 0.3) is 0 Å². The van der Waals surface area contributed by atoms with Crippen LogP contribution in [0.2, 0.25) is 0 Å². The molecule has 2 rings (SSSR count). The van der Waals surface area contributed by atoms with Crippen LogP contribution in [0.15, 0.2) is 0 Å². The van der Waals surface area contributed by atoms with E-state index >= 15 is 0 Å². The normalized spacial score (nSPS) is 16.7. The molecule has 1 fully saturated rings. The Morgan fingerprint density at radius 3 is 2.74 bits per heavy atom. The lowest BCUT2D eigenvalue weighted by Crippen LogP contribution is -2.33. The van der Waals surface area contributed by atoms with Crippen molar-refractivity contribution in [3.05, 3.63) is 10.6 Å². The maximum Gasteiger partial charge on any atom is 0.357 e. The van der Waals surface area contributed by atoms with E-state index in [2.05, 4.69) is 16.8 Å². The molecule has 0 radical (unpaired) electrons. The lowest BCUT2D eigenvalue weighted by atomic mass is 9.93. The first-order valence-electron chi connectivity index (χ1n) is 6.96. The topological polar surface area (TPSA) is 42.4 Å². The quantitative estimate of drug-likeness (QED) is 0.795. The fraction of sp³-hybridized carbons (Fsp3) is 0.714. The molecule has 0 aromatic carbocycles. The summed E-state index contributed by atoms with van der Waals surface area (Å²) in [4.78, 5) is 19.3. The van der Waals surface area contributed by atoms with Crippen LogP contribution < -0.4 is 4.90 Å². The molecule has 106 valence electrons. The molecule has 0 amide bonds. The second-order valence-electron chi connectivity index (χ2n) is 5.11. The molecule has 1 aliphatic rings. The van der Waals surface area contributed by atoms with Gasteiger partial charge in [0.15, 0.2) is 10.8 Å². The van der Waals surface area contributed by atoms with Crippen LogP contribution in [-0.2, 0) is 4.74 Å². The average Bonchev–Trinajstić information content (AvgIpc) is 2.81. The number of anilines is 1. The second kappa shape index (κ2) is 6.37. The Labute approximate surface area is 118 Å². The number of aryl methyl sites for hydroxylation is 1. The van der Waals surface area contributed by atoms with Gasteiger partial charge < -0.3 is 9.64 Å².